The molecule has 0 nitrogen and oxygen atoms in total. The fraction of sp³-hybridized carbons (Fsp3) is 0.500. The molecular formula is C24H34. The Labute approximate surface area is 149 Å². The van der Waals surface area contributed by atoms with E-state index in [0.717, 1.165) is 0 Å². The molecule has 0 aliphatic carbocycles. The molecule has 0 aliphatic rings. The summed E-state index contributed by atoms with van der Waals surface area (Å²) in [6, 6.07) is 2.44. The quantitative estimate of drug-likeness (QED) is 0.554. The fourth-order valence-electron chi connectivity index (χ4n) is 3.93. The summed E-state index contributed by atoms with van der Waals surface area (Å²) in [5.74, 6) is 0.582. The molecule has 0 amide bonds. The highest BCUT2D eigenvalue weighted by molar-refractivity contribution is 5.81. The van der Waals surface area contributed by atoms with Crippen molar-refractivity contribution in [2.45, 2.75) is 81.6 Å². The maximum atomic E-state index is 2.44. The van der Waals surface area contributed by atoms with Gasteiger partial charge in [0.2, 0.25) is 0 Å². The van der Waals surface area contributed by atoms with E-state index in [4.69, 9.17) is 0 Å². The van der Waals surface area contributed by atoms with E-state index < -0.39 is 0 Å². The molecule has 0 heterocycles. The molecule has 2 aromatic carbocycles. The van der Waals surface area contributed by atoms with Crippen LogP contribution in [-0.4, -0.2) is 0 Å². The maximum absolute atomic E-state index is 2.44. The van der Waals surface area contributed by atoms with Gasteiger partial charge in [-0.3, -0.25) is 0 Å². The SMILES string of the molecule is CCC(C)c1cc(C)c(C)c(C)c1-c1c(C)c(C)c(C)c(C)c1C. The minimum Gasteiger partial charge on any atom is -0.0648 e. The van der Waals surface area contributed by atoms with E-state index in [1.54, 1.807) is 0 Å². The van der Waals surface area contributed by atoms with Crippen LogP contribution in [0.1, 0.15) is 76.3 Å². The number of aryl methyl sites for hydroxylation is 1. The number of benzene rings is 2. The average Bonchev–Trinajstić information content (AvgIpc) is 2.57. The predicted octanol–water partition coefficient (Wildman–Crippen LogP) is 7.33. The van der Waals surface area contributed by atoms with Crippen LogP contribution in [0.5, 0.6) is 0 Å². The molecule has 0 radical (unpaired) electrons. The normalized spacial score (nSPS) is 12.6. The monoisotopic (exact) mass is 322 g/mol. The zero-order valence-electron chi connectivity index (χ0n) is 17.4. The molecule has 1 atom stereocenters. The van der Waals surface area contributed by atoms with E-state index in [9.17, 15) is 0 Å². The zero-order chi connectivity index (χ0) is 18.3. The molecule has 2 rings (SSSR count). The van der Waals surface area contributed by atoms with E-state index in [2.05, 4.69) is 75.3 Å². The zero-order valence-corrected chi connectivity index (χ0v) is 17.4. The Balaban J connectivity index is 3.00. The Morgan fingerprint density at radius 3 is 1.50 bits per heavy atom. The highest BCUT2D eigenvalue weighted by Gasteiger charge is 2.21. The van der Waals surface area contributed by atoms with Crippen molar-refractivity contribution in [3.05, 3.63) is 56.1 Å². The molecule has 0 saturated carbocycles. The summed E-state index contributed by atoms with van der Waals surface area (Å²) in [7, 11) is 0. The first-order chi connectivity index (χ1) is 11.1. The number of rotatable bonds is 3. The minimum atomic E-state index is 0.582. The standard InChI is InChI=1S/C24H34/c1-11-13(2)22-12-14(3)15(4)19(8)24(22)23-20(9)17(6)16(5)18(7)21(23)10/h12-13H,11H2,1-10H3. The molecule has 24 heavy (non-hydrogen) atoms. The van der Waals surface area contributed by atoms with E-state index >= 15 is 0 Å². The lowest BCUT2D eigenvalue weighted by molar-refractivity contribution is 0.733. The van der Waals surface area contributed by atoms with Crippen molar-refractivity contribution in [1.82, 2.24) is 0 Å². The van der Waals surface area contributed by atoms with Crippen LogP contribution in [0.2, 0.25) is 0 Å². The molecule has 0 spiro atoms. The first kappa shape index (κ1) is 18.8. The molecule has 0 saturated heterocycles. The van der Waals surface area contributed by atoms with Crippen molar-refractivity contribution in [3.8, 4) is 11.1 Å². The summed E-state index contributed by atoms with van der Waals surface area (Å²) in [4.78, 5) is 0. The molecule has 2 aromatic rings. The van der Waals surface area contributed by atoms with Crippen LogP contribution in [0.15, 0.2) is 6.07 Å². The maximum Gasteiger partial charge on any atom is -0.0112 e. The Hall–Kier alpha value is -1.56. The lowest BCUT2D eigenvalue weighted by Crippen LogP contribution is -2.06. The van der Waals surface area contributed by atoms with Gasteiger partial charge in [-0.05, 0) is 129 Å². The van der Waals surface area contributed by atoms with Gasteiger partial charge in [0.15, 0.2) is 0 Å². The predicted molar refractivity (Wildman–Crippen MR) is 108 cm³/mol. The Morgan fingerprint density at radius 1 is 0.625 bits per heavy atom. The van der Waals surface area contributed by atoms with Crippen molar-refractivity contribution in [2.75, 3.05) is 0 Å². The third kappa shape index (κ3) is 2.81. The molecule has 130 valence electrons. The third-order valence-corrected chi connectivity index (χ3v) is 6.58. The summed E-state index contributed by atoms with van der Waals surface area (Å²) < 4.78 is 0. The highest BCUT2D eigenvalue weighted by atomic mass is 14.3. The number of hydrogen-bond donors (Lipinski definition) is 0. The van der Waals surface area contributed by atoms with Gasteiger partial charge in [-0.25, -0.2) is 0 Å². The lowest BCUT2D eigenvalue weighted by Gasteiger charge is -2.26. The second-order valence-electron chi connectivity index (χ2n) is 7.72. The molecule has 0 heteroatoms. The Morgan fingerprint density at radius 2 is 1.04 bits per heavy atom. The van der Waals surface area contributed by atoms with Crippen LogP contribution >= 0.6 is 0 Å². The van der Waals surface area contributed by atoms with Gasteiger partial charge in [0.1, 0.15) is 0 Å². The molecule has 1 unspecified atom stereocenters. The smallest absolute Gasteiger partial charge is 0.0112 e. The van der Waals surface area contributed by atoms with Gasteiger partial charge in [0.05, 0.1) is 0 Å². The summed E-state index contributed by atoms with van der Waals surface area (Å²) in [6.45, 7) is 22.9. The minimum absolute atomic E-state index is 0.582. The van der Waals surface area contributed by atoms with E-state index in [1.165, 1.54) is 67.6 Å². The van der Waals surface area contributed by atoms with E-state index in [0.29, 0.717) is 5.92 Å². The average molecular weight is 323 g/mol. The molecule has 0 bridgehead atoms. The van der Waals surface area contributed by atoms with Crippen molar-refractivity contribution < 1.29 is 0 Å². The van der Waals surface area contributed by atoms with Crippen molar-refractivity contribution in [1.29, 1.82) is 0 Å². The van der Waals surface area contributed by atoms with Gasteiger partial charge >= 0.3 is 0 Å². The van der Waals surface area contributed by atoms with Gasteiger partial charge < -0.3 is 0 Å². The first-order valence-electron chi connectivity index (χ1n) is 9.31. The van der Waals surface area contributed by atoms with Gasteiger partial charge in [-0.15, -0.1) is 0 Å². The highest BCUT2D eigenvalue weighted by Crippen LogP contribution is 2.42. The largest absolute Gasteiger partial charge is 0.0648 e. The van der Waals surface area contributed by atoms with E-state index in [1.807, 2.05) is 0 Å². The van der Waals surface area contributed by atoms with Crippen LogP contribution in [0.25, 0.3) is 11.1 Å². The van der Waals surface area contributed by atoms with Crippen LogP contribution in [0.4, 0.5) is 0 Å². The van der Waals surface area contributed by atoms with Crippen LogP contribution in [0.3, 0.4) is 0 Å². The van der Waals surface area contributed by atoms with Gasteiger partial charge in [-0.1, -0.05) is 19.9 Å². The van der Waals surface area contributed by atoms with Crippen molar-refractivity contribution >= 4 is 0 Å². The van der Waals surface area contributed by atoms with Crippen LogP contribution < -0.4 is 0 Å². The number of hydrogen-bond acceptors (Lipinski definition) is 0. The lowest BCUT2D eigenvalue weighted by atomic mass is 9.78. The second kappa shape index (κ2) is 6.75. The summed E-state index contributed by atoms with van der Waals surface area (Å²) in [5, 5.41) is 0. The summed E-state index contributed by atoms with van der Waals surface area (Å²) in [6.07, 6.45) is 1.18. The van der Waals surface area contributed by atoms with Crippen LogP contribution in [-0.2, 0) is 0 Å². The molecule has 0 aromatic heterocycles. The molecule has 0 aliphatic heterocycles. The fourth-order valence-corrected chi connectivity index (χ4v) is 3.93. The van der Waals surface area contributed by atoms with Crippen molar-refractivity contribution in [2.24, 2.45) is 0 Å². The Bertz CT molecular complexity index is 762. The molecular weight excluding hydrogens is 288 g/mol. The van der Waals surface area contributed by atoms with Gasteiger partial charge in [0, 0.05) is 0 Å². The van der Waals surface area contributed by atoms with Crippen LogP contribution in [0, 0.1) is 55.4 Å². The molecule has 0 N–H and O–H groups in total. The summed E-state index contributed by atoms with van der Waals surface area (Å²) in [5.41, 5.74) is 16.0. The van der Waals surface area contributed by atoms with Gasteiger partial charge in [0.25, 0.3) is 0 Å². The van der Waals surface area contributed by atoms with Gasteiger partial charge in [-0.2, -0.15) is 0 Å². The topological polar surface area (TPSA) is 0 Å². The molecule has 0 fully saturated rings. The third-order valence-electron chi connectivity index (χ3n) is 6.58. The Kier molecular flexibility index (Phi) is 5.28. The van der Waals surface area contributed by atoms with Crippen molar-refractivity contribution in [3.63, 3.8) is 0 Å². The summed E-state index contributed by atoms with van der Waals surface area (Å²) >= 11 is 0. The second-order valence-corrected chi connectivity index (χ2v) is 7.72. The van der Waals surface area contributed by atoms with E-state index in [-0.39, 0.29) is 0 Å². The first-order valence-corrected chi connectivity index (χ1v) is 9.31.